The Hall–Kier alpha value is 2.02. The van der Waals surface area contributed by atoms with Gasteiger partial charge in [-0.3, -0.25) is 0 Å². The van der Waals surface area contributed by atoms with Crippen molar-refractivity contribution < 1.29 is 0 Å². The average molecular weight is 561 g/mol. The molecule has 30 heavy (non-hydrogen) atoms. The normalized spacial score (nSPS) is 23.3. The van der Waals surface area contributed by atoms with Crippen LogP contribution in [0.2, 0.25) is 0 Å². The van der Waals surface area contributed by atoms with Crippen molar-refractivity contribution >= 4 is 82.9 Å². The molecule has 0 aromatic heterocycles. The lowest BCUT2D eigenvalue weighted by Crippen LogP contribution is -2.21. The minimum absolute atomic E-state index is 1.28. The highest BCUT2D eigenvalue weighted by atomic mass is 34.1. The zero-order chi connectivity index (χ0) is 21.8. The Balaban J connectivity index is 2.66. The summed E-state index contributed by atoms with van der Waals surface area (Å²) in [6.45, 7) is 9.37. The van der Waals surface area contributed by atoms with Crippen LogP contribution >= 0.6 is 82.9 Å². The van der Waals surface area contributed by atoms with Crippen LogP contribution < -0.4 is 0 Å². The summed E-state index contributed by atoms with van der Waals surface area (Å²) in [5, 5.41) is 9.85. The van der Waals surface area contributed by atoms with Crippen molar-refractivity contribution in [1.82, 2.24) is 0 Å². The first kappa shape index (κ1) is 28.3. The van der Waals surface area contributed by atoms with Crippen LogP contribution in [0.5, 0.6) is 0 Å². The summed E-state index contributed by atoms with van der Waals surface area (Å²) >= 11 is 6.01. The standard InChI is InChI=1S/C22H40S8/c1-5-9-13-26-30(27-14-10-6-2,28-15-11-7-3,29-16-12-8-4)20-19-25-22(30)21-23-17-18-24-21/h17-20H,5-16H2,1-4H3. The number of hydrogen-bond acceptors (Lipinski definition) is 7. The summed E-state index contributed by atoms with van der Waals surface area (Å²) in [7, 11) is 9.54. The van der Waals surface area contributed by atoms with Gasteiger partial charge in [-0.25, -0.2) is 0 Å². The van der Waals surface area contributed by atoms with E-state index in [1.54, 1.807) is 8.47 Å². The number of unbranched alkanes of at least 4 members (excludes halogenated alkanes) is 4. The van der Waals surface area contributed by atoms with Gasteiger partial charge in [0.1, 0.15) is 0 Å². The van der Waals surface area contributed by atoms with Crippen LogP contribution in [-0.2, 0) is 0 Å². The van der Waals surface area contributed by atoms with Crippen LogP contribution in [-0.4, -0.2) is 23.0 Å². The van der Waals surface area contributed by atoms with Crippen LogP contribution in [0, 0.1) is 0 Å². The minimum atomic E-state index is -2.81. The zero-order valence-corrected chi connectivity index (χ0v) is 25.6. The largest absolute Gasteiger partial charge is 0.0948 e. The van der Waals surface area contributed by atoms with Crippen molar-refractivity contribution in [2.24, 2.45) is 0 Å². The molecule has 0 radical (unpaired) electrons. The van der Waals surface area contributed by atoms with Crippen LogP contribution in [0.3, 0.4) is 0 Å². The molecule has 0 spiro atoms. The number of thioether (sulfide) groups is 3. The number of rotatable bonds is 16. The Kier molecular flexibility index (Phi) is 12.4. The topological polar surface area (TPSA) is 0 Å². The molecule has 0 bridgehead atoms. The van der Waals surface area contributed by atoms with Gasteiger partial charge in [0.15, 0.2) is 0 Å². The fraction of sp³-hybridized carbons (Fsp3) is 0.727. The highest BCUT2D eigenvalue weighted by molar-refractivity contribution is 9.84. The van der Waals surface area contributed by atoms with Gasteiger partial charge in [0, 0.05) is 23.0 Å². The molecule has 2 aliphatic heterocycles. The van der Waals surface area contributed by atoms with Gasteiger partial charge in [-0.05, 0) is 47.3 Å². The molecule has 0 N–H and O–H groups in total. The zero-order valence-electron chi connectivity index (χ0n) is 19.1. The molecule has 0 fully saturated rings. The molecule has 2 rings (SSSR count). The van der Waals surface area contributed by atoms with Crippen LogP contribution in [0.25, 0.3) is 0 Å². The van der Waals surface area contributed by atoms with Gasteiger partial charge in [-0.2, -0.15) is 0 Å². The van der Waals surface area contributed by atoms with Crippen molar-refractivity contribution in [2.45, 2.75) is 79.1 Å². The minimum Gasteiger partial charge on any atom is -0.0948 e. The monoisotopic (exact) mass is 560 g/mol. The summed E-state index contributed by atoms with van der Waals surface area (Å²) in [6.07, 6.45) is 10.4. The van der Waals surface area contributed by atoms with Crippen LogP contribution in [0.15, 0.2) is 30.1 Å². The van der Waals surface area contributed by atoms with Crippen molar-refractivity contribution in [2.75, 3.05) is 23.0 Å². The Bertz CT molecular complexity index is 572. The fourth-order valence-electron chi connectivity index (χ4n) is 3.07. The molecule has 0 saturated carbocycles. The molecule has 0 aromatic rings. The highest BCUT2D eigenvalue weighted by Crippen LogP contribution is 3.23. The van der Waals surface area contributed by atoms with E-state index < -0.39 is 4.42 Å². The van der Waals surface area contributed by atoms with E-state index in [4.69, 9.17) is 0 Å². The Morgan fingerprint density at radius 3 is 1.37 bits per heavy atom. The smallest absolute Gasteiger partial charge is 0.0698 e. The highest BCUT2D eigenvalue weighted by Gasteiger charge is 2.66. The first-order valence-electron chi connectivity index (χ1n) is 11.3. The third-order valence-corrected chi connectivity index (χ3v) is 39.2. The van der Waals surface area contributed by atoms with E-state index in [1.165, 1.54) is 74.4 Å². The molecule has 0 amide bonds. The van der Waals surface area contributed by atoms with Gasteiger partial charge in [-0.15, -0.1) is 0 Å². The van der Waals surface area contributed by atoms with E-state index >= 15 is 0 Å². The van der Waals surface area contributed by atoms with Gasteiger partial charge < -0.3 is 0 Å². The molecular formula is C22H40S8. The quantitative estimate of drug-likeness (QED) is 0.134. The predicted octanol–water partition coefficient (Wildman–Crippen LogP) is 12.0. The summed E-state index contributed by atoms with van der Waals surface area (Å²) in [5.41, 5.74) is 0. The van der Waals surface area contributed by atoms with Crippen LogP contribution in [0.4, 0.5) is 0 Å². The lowest BCUT2D eigenvalue weighted by atomic mass is 10.4. The Morgan fingerprint density at radius 1 is 0.600 bits per heavy atom. The lowest BCUT2D eigenvalue weighted by Gasteiger charge is -2.73. The van der Waals surface area contributed by atoms with Crippen molar-refractivity contribution in [1.29, 1.82) is 0 Å². The Labute approximate surface area is 213 Å². The molecule has 0 nitrogen and oxygen atoms in total. The third-order valence-electron chi connectivity index (χ3n) is 4.91. The molecule has 0 saturated heterocycles. The molecule has 0 unspecified atom stereocenters. The summed E-state index contributed by atoms with van der Waals surface area (Å²) in [6, 6.07) is 0. The van der Waals surface area contributed by atoms with E-state index in [2.05, 4.69) is 104 Å². The maximum absolute atomic E-state index is 2.81. The molecule has 176 valence electrons. The van der Waals surface area contributed by atoms with E-state index in [-0.39, 0.29) is 0 Å². The molecule has 0 atom stereocenters. The fourth-order valence-corrected chi connectivity index (χ4v) is 41.6. The molecule has 2 heterocycles. The molecular weight excluding hydrogens is 521 g/mol. The summed E-state index contributed by atoms with van der Waals surface area (Å²) in [4.78, 5) is 0. The number of hydrogen-bond donors (Lipinski definition) is 0. The third kappa shape index (κ3) is 6.17. The summed E-state index contributed by atoms with van der Waals surface area (Å²) in [5.74, 6) is 5.11. The lowest BCUT2D eigenvalue weighted by molar-refractivity contribution is 0.897. The van der Waals surface area contributed by atoms with Gasteiger partial charge in [0.25, 0.3) is 0 Å². The second-order valence-corrected chi connectivity index (χ2v) is 33.4. The maximum Gasteiger partial charge on any atom is 0.0698 e. The molecule has 2 aliphatic rings. The first-order chi connectivity index (χ1) is 14.6. The SMILES string of the molecule is CCCCSS1(SCCCC)(SCCCC)(SCCCC)C=CSC1=C1SC=CS1. The summed E-state index contributed by atoms with van der Waals surface area (Å²) < 4.78 is 0.477. The van der Waals surface area contributed by atoms with Gasteiger partial charge in [0.2, 0.25) is 0 Å². The molecule has 8 heteroatoms. The van der Waals surface area contributed by atoms with Gasteiger partial charge >= 0.3 is 0 Å². The van der Waals surface area contributed by atoms with Crippen molar-refractivity contribution in [3.8, 4) is 0 Å². The van der Waals surface area contributed by atoms with Crippen molar-refractivity contribution in [3.63, 3.8) is 0 Å². The predicted molar refractivity (Wildman–Crippen MR) is 165 cm³/mol. The van der Waals surface area contributed by atoms with Gasteiger partial charge in [-0.1, -0.05) is 136 Å². The van der Waals surface area contributed by atoms with E-state index in [0.29, 0.717) is 0 Å². The van der Waals surface area contributed by atoms with E-state index in [0.717, 1.165) is 0 Å². The van der Waals surface area contributed by atoms with Gasteiger partial charge in [0.05, 0.1) is 8.47 Å². The Morgan fingerprint density at radius 2 is 1.00 bits per heavy atom. The van der Waals surface area contributed by atoms with Crippen molar-refractivity contribution in [3.05, 3.63) is 30.1 Å². The second-order valence-electron chi connectivity index (χ2n) is 7.42. The average Bonchev–Trinajstić information content (AvgIpc) is 3.37. The second kappa shape index (κ2) is 13.2. The van der Waals surface area contributed by atoms with Crippen LogP contribution in [0.1, 0.15) is 79.1 Å². The molecule has 0 aliphatic carbocycles. The van der Waals surface area contributed by atoms with E-state index in [1.807, 2.05) is 23.5 Å². The first-order valence-corrected chi connectivity index (χ1v) is 22.5. The molecule has 0 aromatic carbocycles. The van der Waals surface area contributed by atoms with E-state index in [9.17, 15) is 0 Å². The maximum atomic E-state index is 2.77.